The third-order valence-corrected chi connectivity index (χ3v) is 3.74. The van der Waals surface area contributed by atoms with Crippen LogP contribution >= 0.6 is 11.6 Å². The Bertz CT molecular complexity index is 583. The second-order valence-electron chi connectivity index (χ2n) is 5.03. The Morgan fingerprint density at radius 1 is 1.20 bits per heavy atom. The maximum atomic E-state index is 6.26. The summed E-state index contributed by atoms with van der Waals surface area (Å²) in [5, 5.41) is 0.613. The number of nitrogens with two attached hydrogens (primary N) is 1. The largest absolute Gasteiger partial charge is 0.495 e. The molecule has 1 atom stereocenters. The second-order valence-corrected chi connectivity index (χ2v) is 5.44. The Labute approximate surface area is 125 Å². The van der Waals surface area contributed by atoms with Crippen LogP contribution in [0.15, 0.2) is 42.5 Å². The highest BCUT2D eigenvalue weighted by atomic mass is 35.5. The third-order valence-electron chi connectivity index (χ3n) is 3.43. The van der Waals surface area contributed by atoms with Crippen molar-refractivity contribution < 1.29 is 4.74 Å². The number of rotatable bonds is 5. The minimum Gasteiger partial charge on any atom is -0.495 e. The molecule has 0 saturated heterocycles. The minimum absolute atomic E-state index is 0.0123. The van der Waals surface area contributed by atoms with Gasteiger partial charge in [-0.3, -0.25) is 0 Å². The first-order valence-corrected chi connectivity index (χ1v) is 7.12. The van der Waals surface area contributed by atoms with E-state index in [9.17, 15) is 0 Å². The normalized spacial score (nSPS) is 12.2. The molecule has 0 spiro atoms. The van der Waals surface area contributed by atoms with E-state index in [0.29, 0.717) is 10.8 Å². The van der Waals surface area contributed by atoms with E-state index in [1.165, 1.54) is 11.1 Å². The summed E-state index contributed by atoms with van der Waals surface area (Å²) in [7, 11) is 1.61. The first-order chi connectivity index (χ1) is 9.60. The average molecular weight is 290 g/mol. The van der Waals surface area contributed by atoms with Crippen LogP contribution in [0.2, 0.25) is 5.02 Å². The maximum Gasteiger partial charge on any atom is 0.137 e. The van der Waals surface area contributed by atoms with Crippen molar-refractivity contribution in [1.29, 1.82) is 0 Å². The van der Waals surface area contributed by atoms with E-state index in [-0.39, 0.29) is 6.04 Å². The highest BCUT2D eigenvalue weighted by molar-refractivity contribution is 6.32. The van der Waals surface area contributed by atoms with Crippen LogP contribution in [0, 0.1) is 6.92 Å². The van der Waals surface area contributed by atoms with Gasteiger partial charge in [-0.25, -0.2) is 0 Å². The van der Waals surface area contributed by atoms with Crippen LogP contribution in [0.4, 0.5) is 0 Å². The van der Waals surface area contributed by atoms with Crippen LogP contribution in [0.3, 0.4) is 0 Å². The van der Waals surface area contributed by atoms with Crippen molar-refractivity contribution in [1.82, 2.24) is 0 Å². The molecule has 2 rings (SSSR count). The Morgan fingerprint density at radius 2 is 2.00 bits per heavy atom. The first-order valence-electron chi connectivity index (χ1n) is 6.74. The van der Waals surface area contributed by atoms with Gasteiger partial charge in [0, 0.05) is 6.04 Å². The summed E-state index contributed by atoms with van der Waals surface area (Å²) < 4.78 is 5.23. The molecular weight excluding hydrogens is 270 g/mol. The van der Waals surface area contributed by atoms with Gasteiger partial charge in [0.05, 0.1) is 12.1 Å². The minimum atomic E-state index is -0.0123. The Kier molecular flexibility index (Phi) is 5.05. The SMILES string of the molecule is COc1cc(C(N)CCc2cccc(C)c2)ccc1Cl. The Balaban J connectivity index is 2.03. The van der Waals surface area contributed by atoms with E-state index < -0.39 is 0 Å². The molecule has 0 aliphatic rings. The van der Waals surface area contributed by atoms with Crippen LogP contribution in [-0.2, 0) is 6.42 Å². The standard InChI is InChI=1S/C17H20ClNO/c1-12-4-3-5-13(10-12)6-9-16(19)14-7-8-15(18)17(11-14)20-2/h3-5,7-8,10-11,16H,6,9,19H2,1-2H3. The Hall–Kier alpha value is -1.51. The highest BCUT2D eigenvalue weighted by Gasteiger charge is 2.09. The summed E-state index contributed by atoms with van der Waals surface area (Å²) in [6.45, 7) is 2.10. The molecule has 2 nitrogen and oxygen atoms in total. The fourth-order valence-corrected chi connectivity index (χ4v) is 2.46. The van der Waals surface area contributed by atoms with Crippen LogP contribution in [0.25, 0.3) is 0 Å². The molecule has 2 aromatic carbocycles. The number of benzene rings is 2. The van der Waals surface area contributed by atoms with Crippen LogP contribution in [0.5, 0.6) is 5.75 Å². The number of halogens is 1. The van der Waals surface area contributed by atoms with E-state index in [4.69, 9.17) is 22.1 Å². The third kappa shape index (κ3) is 3.75. The molecule has 106 valence electrons. The van der Waals surface area contributed by atoms with E-state index in [1.54, 1.807) is 7.11 Å². The average Bonchev–Trinajstić information content (AvgIpc) is 2.45. The fourth-order valence-electron chi connectivity index (χ4n) is 2.26. The molecule has 3 heteroatoms. The van der Waals surface area contributed by atoms with Crippen molar-refractivity contribution in [3.63, 3.8) is 0 Å². The van der Waals surface area contributed by atoms with Gasteiger partial charge in [0.15, 0.2) is 0 Å². The van der Waals surface area contributed by atoms with E-state index >= 15 is 0 Å². The van der Waals surface area contributed by atoms with E-state index in [0.717, 1.165) is 18.4 Å². The molecule has 0 aliphatic heterocycles. The summed E-state index contributed by atoms with van der Waals surface area (Å²) >= 11 is 6.03. The van der Waals surface area contributed by atoms with Gasteiger partial charge in [-0.1, -0.05) is 47.5 Å². The van der Waals surface area contributed by atoms with Crippen molar-refractivity contribution >= 4 is 11.6 Å². The smallest absolute Gasteiger partial charge is 0.137 e. The zero-order chi connectivity index (χ0) is 14.5. The summed E-state index contributed by atoms with van der Waals surface area (Å²) in [5.74, 6) is 0.676. The van der Waals surface area contributed by atoms with Gasteiger partial charge < -0.3 is 10.5 Å². The van der Waals surface area contributed by atoms with Crippen LogP contribution in [-0.4, -0.2) is 7.11 Å². The van der Waals surface area contributed by atoms with Gasteiger partial charge in [-0.2, -0.15) is 0 Å². The lowest BCUT2D eigenvalue weighted by Crippen LogP contribution is -2.11. The number of hydrogen-bond acceptors (Lipinski definition) is 2. The topological polar surface area (TPSA) is 35.2 Å². The highest BCUT2D eigenvalue weighted by Crippen LogP contribution is 2.28. The van der Waals surface area contributed by atoms with Crippen molar-refractivity contribution in [2.45, 2.75) is 25.8 Å². The maximum absolute atomic E-state index is 6.26. The molecule has 0 saturated carbocycles. The first kappa shape index (κ1) is 14.9. The molecule has 0 aromatic heterocycles. The quantitative estimate of drug-likeness (QED) is 0.891. The predicted molar refractivity (Wildman–Crippen MR) is 84.4 cm³/mol. The molecule has 2 N–H and O–H groups in total. The van der Waals surface area contributed by atoms with Crippen molar-refractivity contribution in [3.8, 4) is 5.75 Å². The lowest BCUT2D eigenvalue weighted by Gasteiger charge is -2.14. The van der Waals surface area contributed by atoms with Gasteiger partial charge in [0.25, 0.3) is 0 Å². The van der Waals surface area contributed by atoms with Crippen LogP contribution < -0.4 is 10.5 Å². The summed E-state index contributed by atoms with van der Waals surface area (Å²) in [6, 6.07) is 14.2. The van der Waals surface area contributed by atoms with Crippen molar-refractivity contribution in [2.24, 2.45) is 5.73 Å². The summed E-state index contributed by atoms with van der Waals surface area (Å²) in [6.07, 6.45) is 1.86. The van der Waals surface area contributed by atoms with Gasteiger partial charge in [-0.05, 0) is 43.0 Å². The second kappa shape index (κ2) is 6.78. The van der Waals surface area contributed by atoms with Crippen LogP contribution in [0.1, 0.15) is 29.2 Å². The molecular formula is C17H20ClNO. The van der Waals surface area contributed by atoms with Gasteiger partial charge in [0.2, 0.25) is 0 Å². The Morgan fingerprint density at radius 3 is 2.70 bits per heavy atom. The predicted octanol–water partition coefficient (Wildman–Crippen LogP) is 4.29. The summed E-state index contributed by atoms with van der Waals surface area (Å²) in [4.78, 5) is 0. The monoisotopic (exact) mass is 289 g/mol. The fraction of sp³-hybridized carbons (Fsp3) is 0.294. The zero-order valence-corrected chi connectivity index (χ0v) is 12.7. The number of methoxy groups -OCH3 is 1. The molecule has 0 heterocycles. The van der Waals surface area contributed by atoms with Gasteiger partial charge >= 0.3 is 0 Å². The number of hydrogen-bond donors (Lipinski definition) is 1. The van der Waals surface area contributed by atoms with E-state index in [1.807, 2.05) is 18.2 Å². The molecule has 0 radical (unpaired) electrons. The molecule has 20 heavy (non-hydrogen) atoms. The molecule has 1 unspecified atom stereocenters. The zero-order valence-electron chi connectivity index (χ0n) is 11.9. The van der Waals surface area contributed by atoms with Gasteiger partial charge in [0.1, 0.15) is 5.75 Å². The molecule has 0 bridgehead atoms. The molecule has 0 amide bonds. The molecule has 2 aromatic rings. The van der Waals surface area contributed by atoms with Crippen molar-refractivity contribution in [2.75, 3.05) is 7.11 Å². The number of ether oxygens (including phenoxy) is 1. The summed E-state index contributed by atoms with van der Waals surface area (Å²) in [5.41, 5.74) is 9.91. The van der Waals surface area contributed by atoms with Gasteiger partial charge in [-0.15, -0.1) is 0 Å². The van der Waals surface area contributed by atoms with Crippen molar-refractivity contribution in [3.05, 3.63) is 64.2 Å². The lowest BCUT2D eigenvalue weighted by molar-refractivity contribution is 0.414. The molecule has 0 aliphatic carbocycles. The van der Waals surface area contributed by atoms with E-state index in [2.05, 4.69) is 31.2 Å². The number of aryl methyl sites for hydroxylation is 2. The molecule has 0 fully saturated rings. The lowest BCUT2D eigenvalue weighted by atomic mass is 9.99.